The van der Waals surface area contributed by atoms with E-state index in [9.17, 15) is 22.0 Å². The van der Waals surface area contributed by atoms with E-state index < -0.39 is 38.1 Å². The van der Waals surface area contributed by atoms with Crippen molar-refractivity contribution in [3.8, 4) is 5.75 Å². The highest BCUT2D eigenvalue weighted by molar-refractivity contribution is 7.89. The van der Waals surface area contributed by atoms with Gasteiger partial charge in [0.05, 0.1) is 7.11 Å². The summed E-state index contributed by atoms with van der Waals surface area (Å²) in [7, 11) is -2.99. The predicted molar refractivity (Wildman–Crippen MR) is 80.3 cm³/mol. The zero-order valence-electron chi connectivity index (χ0n) is 12.4. The van der Waals surface area contributed by atoms with Crippen LogP contribution < -0.4 is 9.46 Å². The molecule has 0 atom stereocenters. The van der Waals surface area contributed by atoms with Crippen LogP contribution in [-0.4, -0.2) is 26.6 Å². The second kappa shape index (κ2) is 6.93. The minimum atomic E-state index is -4.40. The number of para-hydroxylation sites is 1. The highest BCUT2D eigenvalue weighted by Crippen LogP contribution is 2.22. The van der Waals surface area contributed by atoms with Crippen molar-refractivity contribution in [2.45, 2.75) is 11.4 Å². The van der Waals surface area contributed by atoms with Gasteiger partial charge in [0.1, 0.15) is 22.0 Å². The van der Waals surface area contributed by atoms with Crippen molar-refractivity contribution in [3.63, 3.8) is 0 Å². The van der Waals surface area contributed by atoms with Crippen molar-refractivity contribution in [2.75, 3.05) is 7.11 Å². The van der Waals surface area contributed by atoms with Crippen LogP contribution in [-0.2, 0) is 16.6 Å². The predicted octanol–water partition coefficient (Wildman–Crippen LogP) is 2.15. The van der Waals surface area contributed by atoms with E-state index in [4.69, 9.17) is 9.84 Å². The van der Waals surface area contributed by atoms with Crippen LogP contribution >= 0.6 is 0 Å². The molecule has 0 aliphatic carbocycles. The molecule has 2 aromatic carbocycles. The zero-order chi connectivity index (χ0) is 17.9. The molecule has 0 aromatic heterocycles. The summed E-state index contributed by atoms with van der Waals surface area (Å²) in [5.74, 6) is -4.49. The summed E-state index contributed by atoms with van der Waals surface area (Å²) in [5, 5.41) is 8.80. The lowest BCUT2D eigenvalue weighted by Gasteiger charge is -2.11. The molecular weight excluding hydrogens is 344 g/mol. The van der Waals surface area contributed by atoms with Gasteiger partial charge in [-0.3, -0.25) is 0 Å². The van der Waals surface area contributed by atoms with E-state index in [-0.39, 0.29) is 6.54 Å². The van der Waals surface area contributed by atoms with Crippen molar-refractivity contribution < 1.29 is 31.8 Å². The van der Waals surface area contributed by atoms with E-state index >= 15 is 0 Å². The molecular formula is C15H13F2NO5S. The number of benzene rings is 2. The Hall–Kier alpha value is -2.52. The molecule has 128 valence electrons. The van der Waals surface area contributed by atoms with Gasteiger partial charge in [0.15, 0.2) is 5.82 Å². The lowest BCUT2D eigenvalue weighted by molar-refractivity contribution is 0.0685. The first kappa shape index (κ1) is 17.8. The fourth-order valence-corrected chi connectivity index (χ4v) is 3.12. The van der Waals surface area contributed by atoms with Gasteiger partial charge in [-0.2, -0.15) is 0 Å². The van der Waals surface area contributed by atoms with E-state index in [1.807, 2.05) is 0 Å². The maximum atomic E-state index is 14.1. The standard InChI is InChI=1S/C15H13F2NO5S/c1-23-11-5-3-2-4-9(11)8-18-24(21,22)12-7-6-10(16)13(14(12)17)15(19)20/h2-7,18H,8H2,1H3,(H,19,20). The number of hydrogen-bond donors (Lipinski definition) is 2. The molecule has 0 aliphatic rings. The molecule has 2 rings (SSSR count). The van der Waals surface area contributed by atoms with E-state index in [1.54, 1.807) is 24.3 Å². The second-order valence-corrected chi connectivity index (χ2v) is 6.41. The molecule has 0 spiro atoms. The monoisotopic (exact) mass is 357 g/mol. The van der Waals surface area contributed by atoms with Gasteiger partial charge >= 0.3 is 5.97 Å². The number of carboxylic acid groups (broad SMARTS) is 1. The highest BCUT2D eigenvalue weighted by atomic mass is 32.2. The number of carboxylic acids is 1. The van der Waals surface area contributed by atoms with Crippen molar-refractivity contribution in [1.82, 2.24) is 4.72 Å². The largest absolute Gasteiger partial charge is 0.496 e. The third-order valence-electron chi connectivity index (χ3n) is 3.20. The van der Waals surface area contributed by atoms with Gasteiger partial charge in [-0.25, -0.2) is 26.7 Å². The lowest BCUT2D eigenvalue weighted by Crippen LogP contribution is -2.25. The Morgan fingerprint density at radius 2 is 1.88 bits per heavy atom. The number of sulfonamides is 1. The summed E-state index contributed by atoms with van der Waals surface area (Å²) < 4.78 is 59.1. The van der Waals surface area contributed by atoms with E-state index in [1.165, 1.54) is 7.11 Å². The maximum absolute atomic E-state index is 14.1. The molecule has 0 saturated heterocycles. The Morgan fingerprint density at radius 1 is 1.21 bits per heavy atom. The summed E-state index contributed by atoms with van der Waals surface area (Å²) in [6.07, 6.45) is 0. The molecule has 0 saturated carbocycles. The summed E-state index contributed by atoms with van der Waals surface area (Å²) in [6.45, 7) is -0.217. The first-order valence-corrected chi connectivity index (χ1v) is 8.09. The number of carbonyl (C=O) groups is 1. The Balaban J connectivity index is 2.35. The van der Waals surface area contributed by atoms with Crippen LogP contribution in [0.15, 0.2) is 41.3 Å². The Bertz CT molecular complexity index is 883. The minimum absolute atomic E-state index is 0.217. The second-order valence-electron chi connectivity index (χ2n) is 4.68. The molecule has 0 heterocycles. The molecule has 24 heavy (non-hydrogen) atoms. The fraction of sp³-hybridized carbons (Fsp3) is 0.133. The number of aromatic carboxylic acids is 1. The van der Waals surface area contributed by atoms with Gasteiger partial charge in [0.2, 0.25) is 10.0 Å². The van der Waals surface area contributed by atoms with Gasteiger partial charge < -0.3 is 9.84 Å². The van der Waals surface area contributed by atoms with Crippen LogP contribution in [0.2, 0.25) is 0 Å². The Morgan fingerprint density at radius 3 is 2.50 bits per heavy atom. The lowest BCUT2D eigenvalue weighted by atomic mass is 10.2. The smallest absolute Gasteiger partial charge is 0.341 e. The molecule has 0 amide bonds. The van der Waals surface area contributed by atoms with E-state index in [0.717, 1.165) is 0 Å². The summed E-state index contributed by atoms with van der Waals surface area (Å²) in [4.78, 5) is 9.92. The molecule has 0 unspecified atom stereocenters. The molecule has 2 N–H and O–H groups in total. The zero-order valence-corrected chi connectivity index (χ0v) is 13.2. The van der Waals surface area contributed by atoms with Crippen LogP contribution in [0.5, 0.6) is 5.75 Å². The van der Waals surface area contributed by atoms with Crippen LogP contribution in [0.3, 0.4) is 0 Å². The molecule has 0 aliphatic heterocycles. The SMILES string of the molecule is COc1ccccc1CNS(=O)(=O)c1ccc(F)c(C(=O)O)c1F. The third kappa shape index (κ3) is 3.52. The Kier molecular flexibility index (Phi) is 5.15. The molecule has 0 bridgehead atoms. The van der Waals surface area contributed by atoms with Gasteiger partial charge in [-0.05, 0) is 18.2 Å². The fourth-order valence-electron chi connectivity index (χ4n) is 2.04. The van der Waals surface area contributed by atoms with Crippen molar-refractivity contribution in [2.24, 2.45) is 0 Å². The van der Waals surface area contributed by atoms with Crippen molar-refractivity contribution in [3.05, 3.63) is 59.2 Å². The number of halogens is 2. The molecule has 9 heteroatoms. The topological polar surface area (TPSA) is 92.7 Å². The molecule has 6 nitrogen and oxygen atoms in total. The van der Waals surface area contributed by atoms with Crippen LogP contribution in [0.1, 0.15) is 15.9 Å². The maximum Gasteiger partial charge on any atom is 0.341 e. The number of ether oxygens (including phenoxy) is 1. The van der Waals surface area contributed by atoms with Gasteiger partial charge in [-0.1, -0.05) is 18.2 Å². The number of methoxy groups -OCH3 is 1. The van der Waals surface area contributed by atoms with Crippen molar-refractivity contribution in [1.29, 1.82) is 0 Å². The number of nitrogens with one attached hydrogen (secondary N) is 1. The van der Waals surface area contributed by atoms with E-state index in [0.29, 0.717) is 23.4 Å². The molecule has 2 aromatic rings. The van der Waals surface area contributed by atoms with Crippen LogP contribution in [0.25, 0.3) is 0 Å². The van der Waals surface area contributed by atoms with Gasteiger partial charge in [-0.15, -0.1) is 0 Å². The summed E-state index contributed by atoms with van der Waals surface area (Å²) >= 11 is 0. The van der Waals surface area contributed by atoms with Crippen molar-refractivity contribution >= 4 is 16.0 Å². The first-order chi connectivity index (χ1) is 11.3. The molecule has 0 fully saturated rings. The van der Waals surface area contributed by atoms with Crippen LogP contribution in [0, 0.1) is 11.6 Å². The molecule has 0 radical (unpaired) electrons. The normalized spacial score (nSPS) is 11.3. The van der Waals surface area contributed by atoms with Gasteiger partial charge in [0.25, 0.3) is 0 Å². The van der Waals surface area contributed by atoms with Crippen LogP contribution in [0.4, 0.5) is 8.78 Å². The Labute approximate surface area is 136 Å². The summed E-state index contributed by atoms with van der Waals surface area (Å²) in [5.41, 5.74) is -0.834. The highest BCUT2D eigenvalue weighted by Gasteiger charge is 2.27. The minimum Gasteiger partial charge on any atom is -0.496 e. The number of hydrogen-bond acceptors (Lipinski definition) is 4. The average Bonchev–Trinajstić information content (AvgIpc) is 2.52. The van der Waals surface area contributed by atoms with E-state index in [2.05, 4.69) is 4.72 Å². The first-order valence-electron chi connectivity index (χ1n) is 6.60. The van der Waals surface area contributed by atoms with Gasteiger partial charge in [0, 0.05) is 12.1 Å². The average molecular weight is 357 g/mol. The quantitative estimate of drug-likeness (QED) is 0.826. The third-order valence-corrected chi connectivity index (χ3v) is 4.62. The summed E-state index contributed by atoms with van der Waals surface area (Å²) in [6, 6.07) is 7.82. The number of rotatable bonds is 6.